The highest BCUT2D eigenvalue weighted by Gasteiger charge is 2.28. The normalized spacial score (nSPS) is 11.8. The Hall–Kier alpha value is -2.03. The van der Waals surface area contributed by atoms with Crippen molar-refractivity contribution in [3.8, 4) is 0 Å². The van der Waals surface area contributed by atoms with Crippen LogP contribution in [0.3, 0.4) is 0 Å². The maximum Gasteiger partial charge on any atom is 0.339 e. The SMILES string of the molecule is CCOC(=O)c1cccc(Cl)c1S(=O)c1nc(Cl)ccc1[N+](=O)[O-]. The highest BCUT2D eigenvalue weighted by molar-refractivity contribution is 7.85. The van der Waals surface area contributed by atoms with Crippen molar-refractivity contribution in [2.45, 2.75) is 16.8 Å². The van der Waals surface area contributed by atoms with Crippen molar-refractivity contribution in [1.29, 1.82) is 0 Å². The Kier molecular flexibility index (Phi) is 5.87. The molecule has 0 aliphatic heterocycles. The van der Waals surface area contributed by atoms with Crippen LogP contribution in [0.5, 0.6) is 0 Å². The molecule has 2 rings (SSSR count). The van der Waals surface area contributed by atoms with Crippen molar-refractivity contribution in [3.05, 3.63) is 56.2 Å². The summed E-state index contributed by atoms with van der Waals surface area (Å²) in [7, 11) is -2.21. The van der Waals surface area contributed by atoms with E-state index >= 15 is 0 Å². The first-order valence-electron chi connectivity index (χ1n) is 6.55. The second-order valence-corrected chi connectivity index (χ2v) is 6.45. The molecule has 1 aromatic carbocycles. The van der Waals surface area contributed by atoms with Crippen molar-refractivity contribution < 1.29 is 18.7 Å². The van der Waals surface area contributed by atoms with Crippen LogP contribution >= 0.6 is 23.2 Å². The predicted molar refractivity (Wildman–Crippen MR) is 88.0 cm³/mol. The summed E-state index contributed by atoms with van der Waals surface area (Å²) in [6.45, 7) is 1.72. The Labute approximate surface area is 149 Å². The van der Waals surface area contributed by atoms with Gasteiger partial charge in [-0.05, 0) is 25.1 Å². The summed E-state index contributed by atoms with van der Waals surface area (Å²) in [5.74, 6) is -0.743. The number of hydrogen-bond acceptors (Lipinski definition) is 6. The van der Waals surface area contributed by atoms with E-state index in [-0.39, 0.29) is 27.2 Å². The van der Waals surface area contributed by atoms with Crippen molar-refractivity contribution >= 4 is 45.7 Å². The van der Waals surface area contributed by atoms with Gasteiger partial charge in [0.2, 0.25) is 5.03 Å². The van der Waals surface area contributed by atoms with Crippen LogP contribution in [0.25, 0.3) is 0 Å². The Morgan fingerprint density at radius 1 is 1.33 bits per heavy atom. The number of ether oxygens (including phenoxy) is 1. The number of carbonyl (C=O) groups is 1. The van der Waals surface area contributed by atoms with Gasteiger partial charge in [0.15, 0.2) is 0 Å². The molecule has 0 saturated carbocycles. The lowest BCUT2D eigenvalue weighted by atomic mass is 10.2. The molecule has 0 amide bonds. The van der Waals surface area contributed by atoms with E-state index < -0.39 is 32.4 Å². The van der Waals surface area contributed by atoms with E-state index in [1.807, 2.05) is 0 Å². The van der Waals surface area contributed by atoms with Crippen LogP contribution in [0.1, 0.15) is 17.3 Å². The van der Waals surface area contributed by atoms with Crippen LogP contribution in [-0.2, 0) is 15.5 Å². The molecule has 0 aliphatic rings. The van der Waals surface area contributed by atoms with E-state index in [0.717, 1.165) is 6.07 Å². The van der Waals surface area contributed by atoms with E-state index in [1.165, 1.54) is 24.3 Å². The van der Waals surface area contributed by atoms with E-state index in [0.29, 0.717) is 0 Å². The minimum atomic E-state index is -2.21. The first-order chi connectivity index (χ1) is 11.4. The van der Waals surface area contributed by atoms with Crippen LogP contribution in [0.15, 0.2) is 40.3 Å². The third-order valence-electron chi connectivity index (χ3n) is 2.83. The number of carbonyl (C=O) groups excluding carboxylic acids is 1. The Balaban J connectivity index is 2.65. The molecule has 1 unspecified atom stereocenters. The van der Waals surface area contributed by atoms with Gasteiger partial charge in [0.25, 0.3) is 0 Å². The van der Waals surface area contributed by atoms with Crippen LogP contribution in [0.2, 0.25) is 10.2 Å². The molecule has 0 fully saturated rings. The monoisotopic (exact) mass is 388 g/mol. The lowest BCUT2D eigenvalue weighted by Crippen LogP contribution is -2.11. The maximum atomic E-state index is 12.9. The molecule has 7 nitrogen and oxygen atoms in total. The van der Waals surface area contributed by atoms with E-state index in [4.69, 9.17) is 27.9 Å². The largest absolute Gasteiger partial charge is 0.462 e. The minimum Gasteiger partial charge on any atom is -0.462 e. The van der Waals surface area contributed by atoms with Crippen molar-refractivity contribution in [3.63, 3.8) is 0 Å². The van der Waals surface area contributed by atoms with Gasteiger partial charge in [-0.1, -0.05) is 29.3 Å². The Morgan fingerprint density at radius 3 is 2.67 bits per heavy atom. The highest BCUT2D eigenvalue weighted by Crippen LogP contribution is 2.32. The first kappa shape index (κ1) is 18.3. The third-order valence-corrected chi connectivity index (χ3v) is 4.93. The molecule has 126 valence electrons. The van der Waals surface area contributed by atoms with Crippen LogP contribution < -0.4 is 0 Å². The quantitative estimate of drug-likeness (QED) is 0.335. The van der Waals surface area contributed by atoms with E-state index in [1.54, 1.807) is 6.92 Å². The number of hydrogen-bond donors (Lipinski definition) is 0. The minimum absolute atomic E-state index is 0.00467. The molecular weight excluding hydrogens is 379 g/mol. The average molecular weight is 389 g/mol. The van der Waals surface area contributed by atoms with Gasteiger partial charge in [0, 0.05) is 6.07 Å². The lowest BCUT2D eigenvalue weighted by Gasteiger charge is -2.10. The number of benzene rings is 1. The highest BCUT2D eigenvalue weighted by atomic mass is 35.5. The summed E-state index contributed by atoms with van der Waals surface area (Å²) in [6, 6.07) is 6.55. The summed E-state index contributed by atoms with van der Waals surface area (Å²) < 4.78 is 17.8. The molecule has 0 bridgehead atoms. The van der Waals surface area contributed by atoms with Gasteiger partial charge in [-0.3, -0.25) is 10.1 Å². The number of esters is 1. The van der Waals surface area contributed by atoms with Crippen LogP contribution in [0, 0.1) is 10.1 Å². The molecule has 0 aliphatic carbocycles. The second kappa shape index (κ2) is 7.69. The zero-order valence-electron chi connectivity index (χ0n) is 12.2. The Morgan fingerprint density at radius 2 is 2.04 bits per heavy atom. The second-order valence-electron chi connectivity index (χ2n) is 4.32. The molecule has 1 atom stereocenters. The summed E-state index contributed by atoms with van der Waals surface area (Å²) in [6.07, 6.45) is 0. The van der Waals surface area contributed by atoms with Crippen molar-refractivity contribution in [2.75, 3.05) is 6.61 Å². The molecule has 2 aromatic rings. The number of nitro groups is 1. The fourth-order valence-corrected chi connectivity index (χ4v) is 3.74. The Bertz CT molecular complexity index is 844. The number of nitrogens with zero attached hydrogens (tertiary/aromatic N) is 2. The number of rotatable bonds is 5. The summed E-state index contributed by atoms with van der Waals surface area (Å²) in [4.78, 5) is 26.1. The van der Waals surface area contributed by atoms with Gasteiger partial charge in [-0.2, -0.15) is 0 Å². The fraction of sp³-hybridized carbons (Fsp3) is 0.143. The van der Waals surface area contributed by atoms with Gasteiger partial charge in [0.05, 0.1) is 27.0 Å². The lowest BCUT2D eigenvalue weighted by molar-refractivity contribution is -0.388. The zero-order chi connectivity index (χ0) is 17.9. The third kappa shape index (κ3) is 3.72. The molecule has 0 saturated heterocycles. The average Bonchev–Trinajstić information content (AvgIpc) is 2.53. The standard InChI is InChI=1S/C14H10Cl2N2O5S/c1-2-23-14(19)8-4-3-5-9(15)12(8)24(22)13-10(18(20)21)6-7-11(16)17-13/h3-7H,2H2,1H3. The summed E-state index contributed by atoms with van der Waals surface area (Å²) in [5.41, 5.74) is -0.550. The molecule has 0 N–H and O–H groups in total. The molecule has 1 heterocycles. The van der Waals surface area contributed by atoms with Gasteiger partial charge in [-0.15, -0.1) is 0 Å². The maximum absolute atomic E-state index is 12.9. The number of pyridine rings is 1. The van der Waals surface area contributed by atoms with Crippen molar-refractivity contribution in [1.82, 2.24) is 4.98 Å². The number of aromatic nitrogens is 1. The molecule has 0 radical (unpaired) electrons. The summed E-state index contributed by atoms with van der Waals surface area (Å²) in [5, 5.41) is 10.7. The van der Waals surface area contributed by atoms with Gasteiger partial charge < -0.3 is 4.74 Å². The van der Waals surface area contributed by atoms with Crippen molar-refractivity contribution in [2.24, 2.45) is 0 Å². The molecule has 10 heteroatoms. The smallest absolute Gasteiger partial charge is 0.339 e. The zero-order valence-corrected chi connectivity index (χ0v) is 14.5. The van der Waals surface area contributed by atoms with Gasteiger partial charge in [-0.25, -0.2) is 14.0 Å². The van der Waals surface area contributed by atoms with Gasteiger partial charge >= 0.3 is 11.7 Å². The van der Waals surface area contributed by atoms with E-state index in [9.17, 15) is 19.1 Å². The van der Waals surface area contributed by atoms with Gasteiger partial charge in [0.1, 0.15) is 16.0 Å². The van der Waals surface area contributed by atoms with Crippen LogP contribution in [0.4, 0.5) is 5.69 Å². The molecular formula is C14H10Cl2N2O5S. The van der Waals surface area contributed by atoms with Crippen LogP contribution in [-0.4, -0.2) is 26.7 Å². The summed E-state index contributed by atoms with van der Waals surface area (Å²) >= 11 is 11.8. The molecule has 24 heavy (non-hydrogen) atoms. The topological polar surface area (TPSA) is 99.4 Å². The first-order valence-corrected chi connectivity index (χ1v) is 8.45. The molecule has 0 spiro atoms. The van der Waals surface area contributed by atoms with E-state index in [2.05, 4.69) is 4.98 Å². The number of halogens is 2. The fourth-order valence-electron chi connectivity index (χ4n) is 1.85. The predicted octanol–water partition coefficient (Wildman–Crippen LogP) is 3.64. The molecule has 1 aromatic heterocycles.